The average molecular weight is 283 g/mol. The highest BCUT2D eigenvalue weighted by Crippen LogP contribution is 2.24. The largest absolute Gasteiger partial charge is 0.356 e. The summed E-state index contributed by atoms with van der Waals surface area (Å²) in [5.74, 6) is 1.41. The van der Waals surface area contributed by atoms with Gasteiger partial charge in [0.2, 0.25) is 5.91 Å². The average Bonchev–Trinajstić information content (AvgIpc) is 2.36. The lowest BCUT2D eigenvalue weighted by atomic mass is 9.84. The van der Waals surface area contributed by atoms with E-state index in [1.54, 1.807) is 0 Å². The number of carbonyl (C=O) groups is 1. The normalized spacial score (nSPS) is 19.1. The number of nitrogens with zero attached hydrogens (tertiary/aromatic N) is 1. The van der Waals surface area contributed by atoms with Gasteiger partial charge in [-0.1, -0.05) is 20.8 Å². The molecule has 0 bridgehead atoms. The number of carbonyl (C=O) groups excluding carboxylic acids is 1. The van der Waals surface area contributed by atoms with Gasteiger partial charge in [-0.15, -0.1) is 0 Å². The van der Waals surface area contributed by atoms with Crippen LogP contribution in [0.4, 0.5) is 0 Å². The van der Waals surface area contributed by atoms with Gasteiger partial charge in [-0.25, -0.2) is 0 Å². The van der Waals surface area contributed by atoms with E-state index < -0.39 is 0 Å². The second kappa shape index (κ2) is 7.99. The highest BCUT2D eigenvalue weighted by molar-refractivity contribution is 5.76. The first-order valence-corrected chi connectivity index (χ1v) is 7.92. The second-order valence-corrected chi connectivity index (χ2v) is 7.45. The number of hydrogen-bond acceptors (Lipinski definition) is 3. The molecule has 0 radical (unpaired) electrons. The van der Waals surface area contributed by atoms with Crippen LogP contribution in [0.3, 0.4) is 0 Å². The Morgan fingerprint density at radius 2 is 1.95 bits per heavy atom. The third kappa shape index (κ3) is 6.71. The van der Waals surface area contributed by atoms with Crippen molar-refractivity contribution in [2.24, 2.45) is 17.3 Å². The Morgan fingerprint density at radius 3 is 2.50 bits per heavy atom. The Kier molecular flexibility index (Phi) is 6.96. The molecule has 118 valence electrons. The molecule has 1 aliphatic heterocycles. The smallest absolute Gasteiger partial charge is 0.220 e. The third-order valence-corrected chi connectivity index (χ3v) is 4.20. The zero-order valence-corrected chi connectivity index (χ0v) is 14.0. The first-order chi connectivity index (χ1) is 9.30. The molecule has 4 nitrogen and oxygen atoms in total. The van der Waals surface area contributed by atoms with Crippen LogP contribution >= 0.6 is 0 Å². The summed E-state index contributed by atoms with van der Waals surface area (Å²) >= 11 is 0. The van der Waals surface area contributed by atoms with E-state index in [1.807, 2.05) is 0 Å². The molecular weight excluding hydrogens is 250 g/mol. The Hall–Kier alpha value is -0.610. The number of hydrogen-bond donors (Lipinski definition) is 2. The van der Waals surface area contributed by atoms with Crippen molar-refractivity contribution < 1.29 is 4.79 Å². The predicted molar refractivity (Wildman–Crippen MR) is 84.7 cm³/mol. The van der Waals surface area contributed by atoms with Gasteiger partial charge in [-0.05, 0) is 57.3 Å². The van der Waals surface area contributed by atoms with E-state index in [-0.39, 0.29) is 11.3 Å². The summed E-state index contributed by atoms with van der Waals surface area (Å²) in [6.07, 6.45) is 3.09. The van der Waals surface area contributed by atoms with Crippen molar-refractivity contribution in [1.29, 1.82) is 0 Å². The summed E-state index contributed by atoms with van der Waals surface area (Å²) in [4.78, 5) is 14.3. The molecule has 1 fully saturated rings. The maximum atomic E-state index is 12.1. The minimum Gasteiger partial charge on any atom is -0.356 e. The number of nitrogens with one attached hydrogen (secondary N) is 2. The molecule has 0 saturated carbocycles. The van der Waals surface area contributed by atoms with Gasteiger partial charge in [-0.2, -0.15) is 0 Å². The number of piperidine rings is 1. The van der Waals surface area contributed by atoms with E-state index in [0.29, 0.717) is 18.3 Å². The van der Waals surface area contributed by atoms with Crippen LogP contribution in [-0.2, 0) is 4.79 Å². The molecule has 0 aromatic carbocycles. The van der Waals surface area contributed by atoms with Crippen LogP contribution in [0.2, 0.25) is 0 Å². The molecule has 0 aromatic heterocycles. The molecular formula is C16H33N3O. The van der Waals surface area contributed by atoms with Crippen molar-refractivity contribution in [2.75, 3.05) is 40.3 Å². The van der Waals surface area contributed by atoms with Crippen molar-refractivity contribution in [3.63, 3.8) is 0 Å². The first-order valence-electron chi connectivity index (χ1n) is 7.92. The van der Waals surface area contributed by atoms with E-state index >= 15 is 0 Å². The fourth-order valence-corrected chi connectivity index (χ4v) is 3.19. The molecule has 1 saturated heterocycles. The highest BCUT2D eigenvalue weighted by atomic mass is 16.1. The van der Waals surface area contributed by atoms with Crippen LogP contribution in [0.15, 0.2) is 0 Å². The van der Waals surface area contributed by atoms with Gasteiger partial charge in [0, 0.05) is 19.5 Å². The maximum absolute atomic E-state index is 12.1. The van der Waals surface area contributed by atoms with Gasteiger partial charge in [0.05, 0.1) is 0 Å². The van der Waals surface area contributed by atoms with Crippen LogP contribution < -0.4 is 10.6 Å². The Labute approximate surface area is 124 Å². The molecule has 20 heavy (non-hydrogen) atoms. The highest BCUT2D eigenvalue weighted by Gasteiger charge is 2.24. The Bertz CT molecular complexity index is 296. The quantitative estimate of drug-likeness (QED) is 0.748. The van der Waals surface area contributed by atoms with Gasteiger partial charge >= 0.3 is 0 Å². The summed E-state index contributed by atoms with van der Waals surface area (Å²) in [6.45, 7) is 10.6. The lowest BCUT2D eigenvalue weighted by Crippen LogP contribution is -2.41. The van der Waals surface area contributed by atoms with Crippen molar-refractivity contribution in [3.05, 3.63) is 0 Å². The van der Waals surface area contributed by atoms with E-state index in [2.05, 4.69) is 50.4 Å². The van der Waals surface area contributed by atoms with E-state index in [1.165, 1.54) is 12.8 Å². The van der Waals surface area contributed by atoms with E-state index in [9.17, 15) is 4.79 Å². The maximum Gasteiger partial charge on any atom is 0.220 e. The van der Waals surface area contributed by atoms with Gasteiger partial charge in [0.15, 0.2) is 0 Å². The fourth-order valence-electron chi connectivity index (χ4n) is 3.19. The van der Waals surface area contributed by atoms with E-state index in [4.69, 9.17) is 0 Å². The van der Waals surface area contributed by atoms with Gasteiger partial charge in [-0.3, -0.25) is 4.79 Å². The van der Waals surface area contributed by atoms with Gasteiger partial charge < -0.3 is 15.5 Å². The Balaban J connectivity index is 2.28. The molecule has 1 rings (SSSR count). The summed E-state index contributed by atoms with van der Waals surface area (Å²) in [5.41, 5.74) is 0.122. The zero-order valence-electron chi connectivity index (χ0n) is 14.0. The van der Waals surface area contributed by atoms with Crippen LogP contribution in [0.1, 0.15) is 40.0 Å². The molecule has 1 aliphatic rings. The van der Waals surface area contributed by atoms with Crippen molar-refractivity contribution >= 4 is 5.91 Å². The standard InChI is InChI=1S/C16H33N3O/c1-13(14-6-8-17-9-7-14)10-15(20)18-11-16(2,3)12-19(4)5/h13-14,17H,6-12H2,1-5H3,(H,18,20). The third-order valence-electron chi connectivity index (χ3n) is 4.20. The van der Waals surface area contributed by atoms with Crippen LogP contribution in [-0.4, -0.2) is 51.1 Å². The molecule has 1 atom stereocenters. The van der Waals surface area contributed by atoms with Gasteiger partial charge in [0.1, 0.15) is 0 Å². The lowest BCUT2D eigenvalue weighted by Gasteiger charge is -2.30. The topological polar surface area (TPSA) is 44.4 Å². The second-order valence-electron chi connectivity index (χ2n) is 7.45. The molecule has 1 heterocycles. The minimum atomic E-state index is 0.122. The van der Waals surface area contributed by atoms with Crippen molar-refractivity contribution in [3.8, 4) is 0 Å². The summed E-state index contributed by atoms with van der Waals surface area (Å²) in [7, 11) is 4.14. The minimum absolute atomic E-state index is 0.122. The fraction of sp³-hybridized carbons (Fsp3) is 0.938. The molecule has 1 unspecified atom stereocenters. The van der Waals surface area contributed by atoms with Crippen molar-refractivity contribution in [2.45, 2.75) is 40.0 Å². The molecule has 4 heteroatoms. The monoisotopic (exact) mass is 283 g/mol. The molecule has 0 spiro atoms. The van der Waals surface area contributed by atoms with E-state index in [0.717, 1.165) is 26.2 Å². The first kappa shape index (κ1) is 17.4. The summed E-state index contributed by atoms with van der Waals surface area (Å²) < 4.78 is 0. The zero-order chi connectivity index (χ0) is 15.2. The van der Waals surface area contributed by atoms with Crippen molar-refractivity contribution in [1.82, 2.24) is 15.5 Å². The van der Waals surface area contributed by atoms with Crippen LogP contribution in [0.25, 0.3) is 0 Å². The Morgan fingerprint density at radius 1 is 1.35 bits per heavy atom. The predicted octanol–water partition coefficient (Wildman–Crippen LogP) is 1.72. The molecule has 0 aromatic rings. The number of rotatable bonds is 7. The molecule has 1 amide bonds. The molecule has 0 aliphatic carbocycles. The number of amides is 1. The van der Waals surface area contributed by atoms with Crippen LogP contribution in [0, 0.1) is 17.3 Å². The summed E-state index contributed by atoms with van der Waals surface area (Å²) in [5, 5.41) is 6.50. The molecule has 2 N–H and O–H groups in total. The van der Waals surface area contributed by atoms with Crippen LogP contribution in [0.5, 0.6) is 0 Å². The SMILES string of the molecule is CC(CC(=O)NCC(C)(C)CN(C)C)C1CCNCC1. The summed E-state index contributed by atoms with van der Waals surface area (Å²) in [6, 6.07) is 0. The van der Waals surface area contributed by atoms with Gasteiger partial charge in [0.25, 0.3) is 0 Å². The lowest BCUT2D eigenvalue weighted by molar-refractivity contribution is -0.122.